The summed E-state index contributed by atoms with van der Waals surface area (Å²) in [5.74, 6) is -0.0269. The van der Waals surface area contributed by atoms with Crippen molar-refractivity contribution >= 4 is 44.8 Å². The van der Waals surface area contributed by atoms with E-state index in [1.165, 1.54) is 10.9 Å². The second-order valence-corrected chi connectivity index (χ2v) is 7.61. The fourth-order valence-electron chi connectivity index (χ4n) is 3.96. The van der Waals surface area contributed by atoms with E-state index in [1.54, 1.807) is 17.2 Å². The van der Waals surface area contributed by atoms with Gasteiger partial charge in [-0.1, -0.05) is 24.3 Å². The summed E-state index contributed by atoms with van der Waals surface area (Å²) in [6.45, 7) is 0.557. The Balaban J connectivity index is 1.36. The molecule has 0 saturated heterocycles. The van der Waals surface area contributed by atoms with E-state index in [2.05, 4.69) is 44.9 Å². The summed E-state index contributed by atoms with van der Waals surface area (Å²) < 4.78 is 2.14. The van der Waals surface area contributed by atoms with Crippen LogP contribution < -0.4 is 0 Å². The number of amides is 1. The fraction of sp³-hybridized carbons (Fsp3) is 0.120. The third-order valence-corrected chi connectivity index (χ3v) is 5.64. The number of para-hydroxylation sites is 1. The molecule has 0 bridgehead atoms. The van der Waals surface area contributed by atoms with Crippen LogP contribution >= 0.6 is 0 Å². The number of aromatic nitrogens is 3. The zero-order chi connectivity index (χ0) is 20.7. The molecule has 0 aliphatic heterocycles. The molecular weight excluding hydrogens is 372 g/mol. The van der Waals surface area contributed by atoms with Crippen molar-refractivity contribution in [3.63, 3.8) is 0 Å². The van der Waals surface area contributed by atoms with Crippen LogP contribution in [0.25, 0.3) is 38.9 Å². The second-order valence-electron chi connectivity index (χ2n) is 7.61. The number of carbonyl (C=O) groups is 1. The number of hydrogen-bond acceptors (Lipinski definition) is 2. The zero-order valence-electron chi connectivity index (χ0n) is 17.0. The minimum Gasteiger partial charge on any atom is -0.346 e. The summed E-state index contributed by atoms with van der Waals surface area (Å²) in [4.78, 5) is 22.1. The lowest BCUT2D eigenvalue weighted by Gasteiger charge is -2.15. The molecule has 0 aliphatic rings. The number of fused-ring (bicyclic) bond motifs is 4. The Morgan fingerprint density at radius 2 is 1.97 bits per heavy atom. The molecule has 2 aromatic carbocycles. The highest BCUT2D eigenvalue weighted by atomic mass is 16.2. The molecule has 0 saturated carbocycles. The molecule has 0 unspecified atom stereocenters. The van der Waals surface area contributed by atoms with Crippen molar-refractivity contribution in [3.8, 4) is 0 Å². The maximum Gasteiger partial charge on any atom is 0.246 e. The van der Waals surface area contributed by atoms with E-state index in [0.717, 1.165) is 33.2 Å². The number of aryl methyl sites for hydroxylation is 1. The molecule has 1 amide bonds. The first-order chi connectivity index (χ1) is 14.6. The summed E-state index contributed by atoms with van der Waals surface area (Å²) in [6.07, 6.45) is 5.29. The molecule has 0 radical (unpaired) electrons. The average Bonchev–Trinajstić information content (AvgIpc) is 3.29. The Morgan fingerprint density at radius 1 is 1.10 bits per heavy atom. The maximum absolute atomic E-state index is 12.7. The first kappa shape index (κ1) is 18.2. The number of nitrogens with zero attached hydrogens (tertiary/aromatic N) is 3. The van der Waals surface area contributed by atoms with Gasteiger partial charge in [-0.2, -0.15) is 0 Å². The smallest absolute Gasteiger partial charge is 0.246 e. The van der Waals surface area contributed by atoms with E-state index in [0.29, 0.717) is 6.54 Å². The summed E-state index contributed by atoms with van der Waals surface area (Å²) in [6, 6.07) is 20.5. The predicted molar refractivity (Wildman–Crippen MR) is 122 cm³/mol. The average molecular weight is 394 g/mol. The van der Waals surface area contributed by atoms with Crippen LogP contribution in [0.5, 0.6) is 0 Å². The van der Waals surface area contributed by atoms with Gasteiger partial charge in [-0.05, 0) is 53.4 Å². The van der Waals surface area contributed by atoms with Crippen LogP contribution in [0.4, 0.5) is 0 Å². The van der Waals surface area contributed by atoms with Crippen molar-refractivity contribution in [2.75, 3.05) is 7.05 Å². The minimum absolute atomic E-state index is 0.0269. The van der Waals surface area contributed by atoms with Crippen LogP contribution in [-0.2, 0) is 18.4 Å². The van der Waals surface area contributed by atoms with Crippen LogP contribution in [0.15, 0.2) is 72.9 Å². The first-order valence-corrected chi connectivity index (χ1v) is 9.93. The molecule has 0 fully saturated rings. The SMILES string of the molecule is CN(Cc1cc2ccccc2n1C)C(=O)C=Cc1ccc2[nH]c3ncccc3c2c1. The van der Waals surface area contributed by atoms with E-state index < -0.39 is 0 Å². The second kappa shape index (κ2) is 7.19. The van der Waals surface area contributed by atoms with Crippen LogP contribution in [0.3, 0.4) is 0 Å². The molecule has 3 heterocycles. The van der Waals surface area contributed by atoms with Gasteiger partial charge in [-0.3, -0.25) is 4.79 Å². The molecule has 0 spiro atoms. The molecule has 5 heteroatoms. The summed E-state index contributed by atoms with van der Waals surface area (Å²) in [5.41, 5.74) is 5.18. The van der Waals surface area contributed by atoms with Gasteiger partial charge < -0.3 is 14.5 Å². The topological polar surface area (TPSA) is 53.9 Å². The number of hydrogen-bond donors (Lipinski definition) is 1. The number of likely N-dealkylation sites (N-methyl/N-ethyl adjacent to an activating group) is 1. The molecule has 5 aromatic rings. The summed E-state index contributed by atoms with van der Waals surface area (Å²) in [5, 5.41) is 3.38. The highest BCUT2D eigenvalue weighted by Gasteiger charge is 2.11. The van der Waals surface area contributed by atoms with E-state index in [-0.39, 0.29) is 5.91 Å². The molecule has 30 heavy (non-hydrogen) atoms. The van der Waals surface area contributed by atoms with Crippen molar-refractivity contribution in [1.29, 1.82) is 0 Å². The Morgan fingerprint density at radius 3 is 2.83 bits per heavy atom. The molecule has 3 aromatic heterocycles. The zero-order valence-corrected chi connectivity index (χ0v) is 17.0. The molecule has 5 rings (SSSR count). The number of carbonyl (C=O) groups excluding carboxylic acids is 1. The number of H-pyrrole nitrogens is 1. The Hall–Kier alpha value is -3.86. The van der Waals surface area contributed by atoms with Gasteiger partial charge in [0.2, 0.25) is 5.91 Å². The minimum atomic E-state index is -0.0269. The monoisotopic (exact) mass is 394 g/mol. The Kier molecular flexibility index (Phi) is 4.36. The van der Waals surface area contributed by atoms with Gasteiger partial charge in [-0.25, -0.2) is 4.98 Å². The normalized spacial score (nSPS) is 11.8. The van der Waals surface area contributed by atoms with Gasteiger partial charge in [0.25, 0.3) is 0 Å². The van der Waals surface area contributed by atoms with Gasteiger partial charge in [0, 0.05) is 53.9 Å². The molecular formula is C25H22N4O. The number of nitrogens with one attached hydrogen (secondary N) is 1. The van der Waals surface area contributed by atoms with E-state index in [9.17, 15) is 4.79 Å². The van der Waals surface area contributed by atoms with Gasteiger partial charge in [0.1, 0.15) is 5.65 Å². The van der Waals surface area contributed by atoms with Crippen LogP contribution in [0.1, 0.15) is 11.3 Å². The number of benzene rings is 2. The van der Waals surface area contributed by atoms with E-state index >= 15 is 0 Å². The Labute approximate surface area is 174 Å². The molecule has 0 aliphatic carbocycles. The predicted octanol–water partition coefficient (Wildman–Crippen LogP) is 4.88. The Bertz CT molecular complexity index is 1420. The van der Waals surface area contributed by atoms with Crippen molar-refractivity contribution in [2.45, 2.75) is 6.54 Å². The van der Waals surface area contributed by atoms with Crippen molar-refractivity contribution in [3.05, 3.63) is 84.2 Å². The molecule has 1 N–H and O–H groups in total. The standard InChI is InChI=1S/C25H22N4O/c1-28(16-19-15-18-6-3-4-8-23(18)29(19)2)24(30)12-10-17-9-11-22-21(14-17)20-7-5-13-26-25(20)27-22/h3-15H,16H2,1-2H3,(H,26,27). The third kappa shape index (κ3) is 3.14. The van der Waals surface area contributed by atoms with Crippen molar-refractivity contribution in [1.82, 2.24) is 19.4 Å². The first-order valence-electron chi connectivity index (χ1n) is 9.93. The number of aromatic amines is 1. The van der Waals surface area contributed by atoms with Crippen LogP contribution in [0, 0.1) is 0 Å². The molecule has 0 atom stereocenters. The number of pyridine rings is 1. The van der Waals surface area contributed by atoms with Gasteiger partial charge in [-0.15, -0.1) is 0 Å². The van der Waals surface area contributed by atoms with Crippen molar-refractivity contribution < 1.29 is 4.79 Å². The lowest BCUT2D eigenvalue weighted by molar-refractivity contribution is -0.125. The largest absolute Gasteiger partial charge is 0.346 e. The summed E-state index contributed by atoms with van der Waals surface area (Å²) >= 11 is 0. The maximum atomic E-state index is 12.7. The lowest BCUT2D eigenvalue weighted by Crippen LogP contribution is -2.25. The van der Waals surface area contributed by atoms with Crippen molar-refractivity contribution in [2.24, 2.45) is 7.05 Å². The lowest BCUT2D eigenvalue weighted by atomic mass is 10.1. The van der Waals surface area contributed by atoms with Crippen LogP contribution in [0.2, 0.25) is 0 Å². The van der Waals surface area contributed by atoms with Gasteiger partial charge >= 0.3 is 0 Å². The highest BCUT2D eigenvalue weighted by Crippen LogP contribution is 2.25. The summed E-state index contributed by atoms with van der Waals surface area (Å²) in [7, 11) is 3.87. The molecule has 5 nitrogen and oxygen atoms in total. The highest BCUT2D eigenvalue weighted by molar-refractivity contribution is 6.06. The van der Waals surface area contributed by atoms with Gasteiger partial charge in [0.15, 0.2) is 0 Å². The van der Waals surface area contributed by atoms with Crippen LogP contribution in [-0.4, -0.2) is 32.4 Å². The number of rotatable bonds is 4. The third-order valence-electron chi connectivity index (χ3n) is 5.64. The fourth-order valence-corrected chi connectivity index (χ4v) is 3.96. The van der Waals surface area contributed by atoms with E-state index in [4.69, 9.17) is 0 Å². The van der Waals surface area contributed by atoms with Gasteiger partial charge in [0.05, 0.1) is 6.54 Å². The molecule has 148 valence electrons. The van der Waals surface area contributed by atoms with E-state index in [1.807, 2.05) is 50.5 Å². The quantitative estimate of drug-likeness (QED) is 0.442.